The van der Waals surface area contributed by atoms with E-state index in [1.54, 1.807) is 15.9 Å². The maximum atomic E-state index is 12.9. The Kier molecular flexibility index (Phi) is 5.95. The zero-order valence-electron chi connectivity index (χ0n) is 16.7. The van der Waals surface area contributed by atoms with Crippen LogP contribution in [-0.4, -0.2) is 50.1 Å². The molecule has 3 heterocycles. The molecular weight excluding hydrogens is 470 g/mol. The summed E-state index contributed by atoms with van der Waals surface area (Å²) in [7, 11) is 0. The summed E-state index contributed by atoms with van der Waals surface area (Å²) in [5.41, 5.74) is 2.52. The van der Waals surface area contributed by atoms with Crippen molar-refractivity contribution in [2.24, 2.45) is 5.92 Å². The van der Waals surface area contributed by atoms with Gasteiger partial charge in [0.15, 0.2) is 0 Å². The third kappa shape index (κ3) is 4.01. The van der Waals surface area contributed by atoms with Crippen LogP contribution < -0.4 is 15.1 Å². The Labute approximate surface area is 187 Å². The van der Waals surface area contributed by atoms with E-state index in [0.29, 0.717) is 24.6 Å². The van der Waals surface area contributed by atoms with Gasteiger partial charge in [-0.2, -0.15) is 0 Å². The second-order valence-corrected chi connectivity index (χ2v) is 9.95. The first kappa shape index (κ1) is 21.0. The van der Waals surface area contributed by atoms with Gasteiger partial charge in [-0.1, -0.05) is 6.92 Å². The van der Waals surface area contributed by atoms with Gasteiger partial charge in [-0.15, -0.1) is 11.3 Å². The molecule has 30 heavy (non-hydrogen) atoms. The summed E-state index contributed by atoms with van der Waals surface area (Å²) in [6, 6.07) is 8.98. The molecule has 4 rings (SSSR count). The van der Waals surface area contributed by atoms with Crippen LogP contribution in [0.5, 0.6) is 0 Å². The quantitative estimate of drug-likeness (QED) is 0.712. The van der Waals surface area contributed by atoms with Gasteiger partial charge in [-0.25, -0.2) is 0 Å². The molecule has 2 saturated heterocycles. The van der Waals surface area contributed by atoms with Crippen LogP contribution in [0.2, 0.25) is 0 Å². The van der Waals surface area contributed by atoms with Crippen LogP contribution in [0.3, 0.4) is 0 Å². The summed E-state index contributed by atoms with van der Waals surface area (Å²) in [4.78, 5) is 41.6. The molecule has 2 aliphatic heterocycles. The van der Waals surface area contributed by atoms with Crippen molar-refractivity contribution in [3.05, 3.63) is 44.6 Å². The number of halogens is 1. The first-order chi connectivity index (χ1) is 14.3. The summed E-state index contributed by atoms with van der Waals surface area (Å²) < 4.78 is 6.09. The number of thiophene rings is 1. The average molecular weight is 492 g/mol. The Morgan fingerprint density at radius 1 is 1.23 bits per heavy atom. The van der Waals surface area contributed by atoms with Crippen molar-refractivity contribution in [3.8, 4) is 0 Å². The van der Waals surface area contributed by atoms with Gasteiger partial charge in [0.05, 0.1) is 27.2 Å². The lowest BCUT2D eigenvalue weighted by atomic mass is 10.1. The lowest BCUT2D eigenvalue weighted by molar-refractivity contribution is -0.125. The maximum Gasteiger partial charge on any atom is 0.261 e. The molecular formula is C21H22BrN3O4S. The fourth-order valence-corrected chi connectivity index (χ4v) is 5.11. The number of hydrogen-bond donors (Lipinski definition) is 1. The van der Waals surface area contributed by atoms with Crippen LogP contribution in [-0.2, 0) is 14.3 Å². The molecule has 2 aromatic rings. The Hall–Kier alpha value is -2.23. The van der Waals surface area contributed by atoms with Crippen LogP contribution in [0.25, 0.3) is 0 Å². The van der Waals surface area contributed by atoms with Gasteiger partial charge in [-0.3, -0.25) is 14.4 Å². The van der Waals surface area contributed by atoms with Gasteiger partial charge in [-0.05, 0) is 58.7 Å². The fourth-order valence-electron chi connectivity index (χ4n) is 3.82. The molecule has 9 heteroatoms. The maximum absolute atomic E-state index is 12.9. The number of nitrogens with zero attached hydrogens (tertiary/aromatic N) is 2. The van der Waals surface area contributed by atoms with Crippen molar-refractivity contribution >= 4 is 56.4 Å². The predicted molar refractivity (Wildman–Crippen MR) is 119 cm³/mol. The van der Waals surface area contributed by atoms with Crippen molar-refractivity contribution in [2.45, 2.75) is 19.9 Å². The van der Waals surface area contributed by atoms with E-state index in [9.17, 15) is 14.4 Å². The minimum Gasteiger partial charge on any atom is -0.370 e. The summed E-state index contributed by atoms with van der Waals surface area (Å²) in [6.07, 6.45) is 0. The largest absolute Gasteiger partial charge is 0.370 e. The number of benzene rings is 1. The number of morpholine rings is 1. The highest BCUT2D eigenvalue weighted by Gasteiger charge is 2.39. The lowest BCUT2D eigenvalue weighted by Crippen LogP contribution is -2.42. The molecule has 1 aromatic heterocycles. The Morgan fingerprint density at radius 3 is 2.70 bits per heavy atom. The van der Waals surface area contributed by atoms with Crippen molar-refractivity contribution in [1.29, 1.82) is 0 Å². The highest BCUT2D eigenvalue weighted by Crippen LogP contribution is 2.31. The summed E-state index contributed by atoms with van der Waals surface area (Å²) in [5, 5.41) is 2.99. The van der Waals surface area contributed by atoms with Crippen LogP contribution in [0.15, 0.2) is 34.1 Å². The molecule has 0 saturated carbocycles. The normalized spacial score (nSPS) is 22.0. The highest BCUT2D eigenvalue weighted by molar-refractivity contribution is 9.11. The number of amides is 3. The Morgan fingerprint density at radius 2 is 2.03 bits per heavy atom. The van der Waals surface area contributed by atoms with E-state index in [1.807, 2.05) is 38.1 Å². The van der Waals surface area contributed by atoms with E-state index in [2.05, 4.69) is 21.2 Å². The standard InChI is InChI=1S/C21H22BrN3O4S/c1-12-9-14(3-4-16(12)24-7-8-29-11-19(24)26)25-10-15(13(2)21(25)28)23-20(27)17-5-6-18(22)30-17/h3-6,9,13,15H,7-8,10-11H2,1-2H3,(H,23,27)/t13-,15+/m1/s1. The van der Waals surface area contributed by atoms with Crippen LogP contribution >= 0.6 is 27.3 Å². The van der Waals surface area contributed by atoms with Crippen LogP contribution in [0.4, 0.5) is 11.4 Å². The molecule has 3 amide bonds. The monoisotopic (exact) mass is 491 g/mol. The van der Waals surface area contributed by atoms with Gasteiger partial charge < -0.3 is 19.9 Å². The minimum absolute atomic E-state index is 0.0257. The van der Waals surface area contributed by atoms with Crippen LogP contribution in [0, 0.1) is 12.8 Å². The molecule has 7 nitrogen and oxygen atoms in total. The lowest BCUT2D eigenvalue weighted by Gasteiger charge is -2.29. The Bertz CT molecular complexity index is 1010. The molecule has 0 aliphatic carbocycles. The highest BCUT2D eigenvalue weighted by atomic mass is 79.9. The van der Waals surface area contributed by atoms with Crippen molar-refractivity contribution in [1.82, 2.24) is 5.32 Å². The van der Waals surface area contributed by atoms with E-state index in [1.165, 1.54) is 11.3 Å². The number of aryl methyl sites for hydroxylation is 1. The molecule has 1 aromatic carbocycles. The van der Waals surface area contributed by atoms with E-state index in [0.717, 1.165) is 20.7 Å². The van der Waals surface area contributed by atoms with Gasteiger partial charge in [0.25, 0.3) is 11.8 Å². The summed E-state index contributed by atoms with van der Waals surface area (Å²) in [5.74, 6) is -0.582. The molecule has 0 unspecified atom stereocenters. The van der Waals surface area contributed by atoms with E-state index >= 15 is 0 Å². The Balaban J connectivity index is 1.50. The van der Waals surface area contributed by atoms with Gasteiger partial charge >= 0.3 is 0 Å². The van der Waals surface area contributed by atoms with Crippen molar-refractivity contribution in [2.75, 3.05) is 36.1 Å². The number of ether oxygens (including phenoxy) is 1. The smallest absolute Gasteiger partial charge is 0.261 e. The number of rotatable bonds is 4. The van der Waals surface area contributed by atoms with Crippen molar-refractivity contribution in [3.63, 3.8) is 0 Å². The summed E-state index contributed by atoms with van der Waals surface area (Å²) in [6.45, 7) is 5.30. The number of hydrogen-bond acceptors (Lipinski definition) is 5. The second-order valence-electron chi connectivity index (χ2n) is 7.49. The van der Waals surface area contributed by atoms with Gasteiger partial charge in [0, 0.05) is 24.5 Å². The molecule has 0 spiro atoms. The van der Waals surface area contributed by atoms with E-state index in [4.69, 9.17) is 4.74 Å². The third-order valence-electron chi connectivity index (χ3n) is 5.52. The first-order valence-electron chi connectivity index (χ1n) is 9.71. The number of anilines is 2. The number of carbonyl (C=O) groups excluding carboxylic acids is 3. The molecule has 0 bridgehead atoms. The number of carbonyl (C=O) groups is 3. The molecule has 2 fully saturated rings. The number of nitrogens with one attached hydrogen (secondary N) is 1. The molecule has 158 valence electrons. The fraction of sp³-hybridized carbons (Fsp3) is 0.381. The molecule has 1 N–H and O–H groups in total. The summed E-state index contributed by atoms with van der Waals surface area (Å²) >= 11 is 4.73. The minimum atomic E-state index is -0.321. The van der Waals surface area contributed by atoms with E-state index in [-0.39, 0.29) is 36.3 Å². The SMILES string of the molecule is Cc1cc(N2C[C@H](NC(=O)c3ccc(Br)s3)[C@@H](C)C2=O)ccc1N1CCOCC1=O. The first-order valence-corrected chi connectivity index (χ1v) is 11.3. The van der Waals surface area contributed by atoms with Crippen molar-refractivity contribution < 1.29 is 19.1 Å². The topological polar surface area (TPSA) is 79.0 Å². The average Bonchev–Trinajstić information content (AvgIpc) is 3.27. The van der Waals surface area contributed by atoms with Gasteiger partial charge in [0.1, 0.15) is 6.61 Å². The van der Waals surface area contributed by atoms with Crippen LogP contribution in [0.1, 0.15) is 22.2 Å². The van der Waals surface area contributed by atoms with E-state index < -0.39 is 0 Å². The molecule has 2 atom stereocenters. The zero-order valence-corrected chi connectivity index (χ0v) is 19.1. The van der Waals surface area contributed by atoms with Gasteiger partial charge in [0.2, 0.25) is 5.91 Å². The third-order valence-corrected chi connectivity index (χ3v) is 7.14. The molecule has 0 radical (unpaired) electrons. The molecule has 2 aliphatic rings. The second kappa shape index (κ2) is 8.49. The zero-order chi connectivity index (χ0) is 21.4. The predicted octanol–water partition coefficient (Wildman–Crippen LogP) is 2.96.